The summed E-state index contributed by atoms with van der Waals surface area (Å²) in [6.45, 7) is 0. The molecule has 1 aliphatic carbocycles. The molecule has 1 aromatic heterocycles. The number of para-hydroxylation sites is 1. The summed E-state index contributed by atoms with van der Waals surface area (Å²) in [5, 5.41) is 9.48. The molecule has 0 spiro atoms. The van der Waals surface area contributed by atoms with E-state index < -0.39 is 0 Å². The fraction of sp³-hybridized carbons (Fsp3) is 0.350. The molecule has 4 rings (SSSR count). The van der Waals surface area contributed by atoms with Crippen LogP contribution in [0.1, 0.15) is 32.1 Å². The molecule has 1 heterocycles. The molecule has 1 fully saturated rings. The Morgan fingerprint density at radius 2 is 1.88 bits per heavy atom. The molecule has 0 saturated heterocycles. The lowest BCUT2D eigenvalue weighted by molar-refractivity contribution is 0.413. The number of ether oxygens (including phenoxy) is 1. The standard InChI is InChI=1S/C20H22N2O2S/c1-23-19-11-15-14-9-5-6-10-17(14)24-18(15)12-16(19)22-20(25)21-13-7-3-2-4-8-13/h5-6,9-13H,2-4,7-8H2,1H3,(H2,21,22,25). The lowest BCUT2D eigenvalue weighted by atomic mass is 9.96. The van der Waals surface area contributed by atoms with Gasteiger partial charge in [-0.2, -0.15) is 0 Å². The fourth-order valence-corrected chi connectivity index (χ4v) is 3.89. The van der Waals surface area contributed by atoms with Crippen molar-refractivity contribution < 1.29 is 9.15 Å². The highest BCUT2D eigenvalue weighted by molar-refractivity contribution is 7.80. The van der Waals surface area contributed by atoms with Gasteiger partial charge in [-0.1, -0.05) is 37.5 Å². The van der Waals surface area contributed by atoms with Crippen LogP contribution in [-0.4, -0.2) is 18.3 Å². The van der Waals surface area contributed by atoms with E-state index in [1.54, 1.807) is 7.11 Å². The predicted octanol–water partition coefficient (Wildman–Crippen LogP) is 5.21. The number of anilines is 1. The Hall–Kier alpha value is -2.27. The van der Waals surface area contributed by atoms with E-state index in [-0.39, 0.29) is 0 Å². The van der Waals surface area contributed by atoms with Crippen molar-refractivity contribution in [3.05, 3.63) is 36.4 Å². The third-order valence-corrected chi connectivity index (χ3v) is 5.11. The SMILES string of the molecule is COc1cc2c(cc1NC(=S)NC1CCCCC1)oc1ccccc12. The first-order valence-electron chi connectivity index (χ1n) is 8.81. The normalized spacial score (nSPS) is 15.4. The van der Waals surface area contributed by atoms with E-state index in [4.69, 9.17) is 21.4 Å². The maximum absolute atomic E-state index is 5.96. The lowest BCUT2D eigenvalue weighted by Gasteiger charge is -2.24. The number of fused-ring (bicyclic) bond motifs is 3. The van der Waals surface area contributed by atoms with Crippen molar-refractivity contribution in [1.29, 1.82) is 0 Å². The van der Waals surface area contributed by atoms with E-state index in [9.17, 15) is 0 Å². The Morgan fingerprint density at radius 1 is 1.08 bits per heavy atom. The average Bonchev–Trinajstić information content (AvgIpc) is 2.99. The topological polar surface area (TPSA) is 46.4 Å². The molecule has 130 valence electrons. The van der Waals surface area contributed by atoms with Gasteiger partial charge >= 0.3 is 0 Å². The number of methoxy groups -OCH3 is 1. The molecular formula is C20H22N2O2S. The number of hydrogen-bond acceptors (Lipinski definition) is 3. The number of rotatable bonds is 3. The number of nitrogens with one attached hydrogen (secondary N) is 2. The maximum atomic E-state index is 5.96. The largest absolute Gasteiger partial charge is 0.495 e. The minimum atomic E-state index is 0.467. The van der Waals surface area contributed by atoms with Crippen LogP contribution in [0, 0.1) is 0 Å². The van der Waals surface area contributed by atoms with Gasteiger partial charge in [-0.05, 0) is 37.2 Å². The Labute approximate surface area is 152 Å². The molecule has 25 heavy (non-hydrogen) atoms. The molecule has 0 aliphatic heterocycles. The van der Waals surface area contributed by atoms with Crippen LogP contribution in [0.2, 0.25) is 0 Å². The van der Waals surface area contributed by atoms with Crippen LogP contribution in [-0.2, 0) is 0 Å². The zero-order valence-electron chi connectivity index (χ0n) is 14.3. The van der Waals surface area contributed by atoms with E-state index in [1.807, 2.05) is 30.3 Å². The van der Waals surface area contributed by atoms with E-state index >= 15 is 0 Å². The zero-order valence-corrected chi connectivity index (χ0v) is 15.1. The Balaban J connectivity index is 1.61. The van der Waals surface area contributed by atoms with E-state index in [0.29, 0.717) is 11.2 Å². The van der Waals surface area contributed by atoms with Crippen molar-refractivity contribution in [3.8, 4) is 5.75 Å². The van der Waals surface area contributed by atoms with E-state index in [1.165, 1.54) is 32.1 Å². The van der Waals surface area contributed by atoms with Crippen molar-refractivity contribution in [3.63, 3.8) is 0 Å². The molecule has 4 nitrogen and oxygen atoms in total. The Bertz CT molecular complexity index is 913. The van der Waals surface area contributed by atoms with Gasteiger partial charge in [0.1, 0.15) is 16.9 Å². The number of thiocarbonyl (C=S) groups is 1. The summed E-state index contributed by atoms with van der Waals surface area (Å²) in [5.41, 5.74) is 2.52. The monoisotopic (exact) mass is 354 g/mol. The molecule has 0 bridgehead atoms. The first-order valence-corrected chi connectivity index (χ1v) is 9.22. The summed E-state index contributed by atoms with van der Waals surface area (Å²) >= 11 is 5.50. The zero-order chi connectivity index (χ0) is 17.2. The average molecular weight is 354 g/mol. The van der Waals surface area contributed by atoms with Crippen LogP contribution in [0.15, 0.2) is 40.8 Å². The molecule has 1 saturated carbocycles. The molecule has 0 radical (unpaired) electrons. The second kappa shape index (κ2) is 6.92. The summed E-state index contributed by atoms with van der Waals surface area (Å²) in [4.78, 5) is 0. The van der Waals surface area contributed by atoms with Crippen molar-refractivity contribution in [1.82, 2.24) is 5.32 Å². The number of hydrogen-bond donors (Lipinski definition) is 2. The Morgan fingerprint density at radius 3 is 2.68 bits per heavy atom. The van der Waals surface area contributed by atoms with Gasteiger partial charge in [-0.3, -0.25) is 0 Å². The van der Waals surface area contributed by atoms with Gasteiger partial charge in [0, 0.05) is 22.9 Å². The first kappa shape index (κ1) is 16.2. The third-order valence-electron chi connectivity index (χ3n) is 4.89. The lowest BCUT2D eigenvalue weighted by Crippen LogP contribution is -2.38. The molecular weight excluding hydrogens is 332 g/mol. The van der Waals surface area contributed by atoms with Crippen molar-refractivity contribution in [2.24, 2.45) is 0 Å². The summed E-state index contributed by atoms with van der Waals surface area (Å²) in [6.07, 6.45) is 6.24. The van der Waals surface area contributed by atoms with Gasteiger partial charge in [0.25, 0.3) is 0 Å². The van der Waals surface area contributed by atoms with E-state index in [0.717, 1.165) is 33.4 Å². The van der Waals surface area contributed by atoms with Crippen molar-refractivity contribution >= 4 is 45.0 Å². The molecule has 0 amide bonds. The molecule has 3 aromatic rings. The summed E-state index contributed by atoms with van der Waals surface area (Å²) in [7, 11) is 1.67. The summed E-state index contributed by atoms with van der Waals surface area (Å²) < 4.78 is 11.5. The van der Waals surface area contributed by atoms with Crippen molar-refractivity contribution in [2.75, 3.05) is 12.4 Å². The van der Waals surface area contributed by atoms with Gasteiger partial charge in [-0.25, -0.2) is 0 Å². The minimum absolute atomic E-state index is 0.467. The van der Waals surface area contributed by atoms with Gasteiger partial charge in [-0.15, -0.1) is 0 Å². The highest BCUT2D eigenvalue weighted by Crippen LogP contribution is 2.36. The van der Waals surface area contributed by atoms with Crippen LogP contribution in [0.5, 0.6) is 5.75 Å². The van der Waals surface area contributed by atoms with Crippen LogP contribution < -0.4 is 15.4 Å². The van der Waals surface area contributed by atoms with Crippen LogP contribution in [0.4, 0.5) is 5.69 Å². The molecule has 2 N–H and O–H groups in total. The van der Waals surface area contributed by atoms with Crippen LogP contribution >= 0.6 is 12.2 Å². The molecule has 2 aromatic carbocycles. The third kappa shape index (κ3) is 3.29. The summed E-state index contributed by atoms with van der Waals surface area (Å²) in [6, 6.07) is 12.5. The summed E-state index contributed by atoms with van der Waals surface area (Å²) in [5.74, 6) is 0.756. The smallest absolute Gasteiger partial charge is 0.171 e. The van der Waals surface area contributed by atoms with Gasteiger partial charge in [0.15, 0.2) is 5.11 Å². The van der Waals surface area contributed by atoms with Gasteiger partial charge < -0.3 is 19.8 Å². The van der Waals surface area contributed by atoms with Crippen molar-refractivity contribution in [2.45, 2.75) is 38.1 Å². The first-order chi connectivity index (χ1) is 12.2. The molecule has 1 aliphatic rings. The molecule has 5 heteroatoms. The molecule has 0 atom stereocenters. The van der Waals surface area contributed by atoms with Crippen LogP contribution in [0.3, 0.4) is 0 Å². The van der Waals surface area contributed by atoms with E-state index in [2.05, 4.69) is 16.7 Å². The van der Waals surface area contributed by atoms with Gasteiger partial charge in [0.05, 0.1) is 12.8 Å². The van der Waals surface area contributed by atoms with Gasteiger partial charge in [0.2, 0.25) is 0 Å². The fourth-order valence-electron chi connectivity index (χ4n) is 3.61. The Kier molecular flexibility index (Phi) is 4.49. The highest BCUT2D eigenvalue weighted by Gasteiger charge is 2.16. The highest BCUT2D eigenvalue weighted by atomic mass is 32.1. The van der Waals surface area contributed by atoms with Crippen LogP contribution in [0.25, 0.3) is 21.9 Å². The second-order valence-corrected chi connectivity index (χ2v) is 6.99. The minimum Gasteiger partial charge on any atom is -0.495 e. The quantitative estimate of drug-likeness (QED) is 0.632. The maximum Gasteiger partial charge on any atom is 0.171 e. The number of benzene rings is 2. The molecule has 0 unspecified atom stereocenters. The second-order valence-electron chi connectivity index (χ2n) is 6.58. The number of furan rings is 1. The predicted molar refractivity (Wildman–Crippen MR) is 107 cm³/mol.